The van der Waals surface area contributed by atoms with E-state index in [0.717, 1.165) is 0 Å². The first-order chi connectivity index (χ1) is 17.3. The van der Waals surface area contributed by atoms with Crippen LogP contribution in [-0.2, 0) is 16.0 Å². The van der Waals surface area contributed by atoms with E-state index in [4.69, 9.17) is 14.2 Å². The van der Waals surface area contributed by atoms with E-state index in [1.165, 1.54) is 34.3 Å². The van der Waals surface area contributed by atoms with E-state index in [0.29, 0.717) is 54.3 Å². The highest BCUT2D eigenvalue weighted by molar-refractivity contribution is 5.95. The predicted molar refractivity (Wildman–Crippen MR) is 131 cm³/mol. The van der Waals surface area contributed by atoms with E-state index in [1.54, 1.807) is 35.2 Å². The van der Waals surface area contributed by atoms with Crippen molar-refractivity contribution in [3.63, 3.8) is 0 Å². The molecule has 10 heteroatoms. The molecule has 1 saturated heterocycles. The van der Waals surface area contributed by atoms with Crippen molar-refractivity contribution in [1.82, 2.24) is 15.5 Å². The van der Waals surface area contributed by atoms with Gasteiger partial charge in [-0.1, -0.05) is 18.2 Å². The number of nitrogens with one attached hydrogen (secondary N) is 2. The number of carbonyl (C=O) groups is 3. The van der Waals surface area contributed by atoms with Gasteiger partial charge in [-0.2, -0.15) is 0 Å². The Bertz CT molecular complexity index is 1080. The van der Waals surface area contributed by atoms with Crippen LogP contribution >= 0.6 is 0 Å². The van der Waals surface area contributed by atoms with Crippen LogP contribution in [0.5, 0.6) is 17.2 Å². The molecule has 0 spiro atoms. The van der Waals surface area contributed by atoms with Crippen LogP contribution in [0.25, 0.3) is 0 Å². The van der Waals surface area contributed by atoms with E-state index in [2.05, 4.69) is 10.6 Å². The van der Waals surface area contributed by atoms with Gasteiger partial charge in [-0.05, 0) is 36.6 Å². The molecule has 0 aromatic heterocycles. The number of methoxy groups -OCH3 is 3. The zero-order valence-electron chi connectivity index (χ0n) is 20.9. The number of nitrogens with zero attached hydrogens (tertiary/aromatic N) is 1. The highest BCUT2D eigenvalue weighted by Gasteiger charge is 2.29. The minimum atomic E-state index is -0.904. The van der Waals surface area contributed by atoms with Gasteiger partial charge in [-0.25, -0.2) is 4.39 Å². The molecule has 1 aliphatic rings. The third-order valence-corrected chi connectivity index (χ3v) is 6.12. The van der Waals surface area contributed by atoms with Crippen molar-refractivity contribution >= 4 is 17.7 Å². The Labute approximate surface area is 209 Å². The smallest absolute Gasteiger partial charge is 0.254 e. The van der Waals surface area contributed by atoms with Crippen LogP contribution in [0.15, 0.2) is 36.4 Å². The molecule has 3 rings (SSSR count). The summed E-state index contributed by atoms with van der Waals surface area (Å²) in [5, 5.41) is 5.55. The molecule has 194 valence electrons. The van der Waals surface area contributed by atoms with Gasteiger partial charge < -0.3 is 29.7 Å². The number of ether oxygens (including phenoxy) is 3. The molecule has 3 amide bonds. The second-order valence-electron chi connectivity index (χ2n) is 8.54. The third kappa shape index (κ3) is 6.44. The number of hydrogen-bond acceptors (Lipinski definition) is 6. The summed E-state index contributed by atoms with van der Waals surface area (Å²) in [6.07, 6.45) is 1.11. The lowest BCUT2D eigenvalue weighted by molar-refractivity contribution is -0.128. The van der Waals surface area contributed by atoms with Gasteiger partial charge in [0, 0.05) is 38.0 Å². The first kappa shape index (κ1) is 26.8. The summed E-state index contributed by atoms with van der Waals surface area (Å²) in [7, 11) is 4.47. The maximum Gasteiger partial charge on any atom is 0.254 e. The summed E-state index contributed by atoms with van der Waals surface area (Å²) >= 11 is 0. The molecule has 0 unspecified atom stereocenters. The van der Waals surface area contributed by atoms with E-state index in [9.17, 15) is 18.8 Å². The molecule has 0 aliphatic carbocycles. The maximum atomic E-state index is 14.1. The summed E-state index contributed by atoms with van der Waals surface area (Å²) in [5.41, 5.74) is 0.750. The van der Waals surface area contributed by atoms with Crippen molar-refractivity contribution in [2.45, 2.75) is 38.3 Å². The summed E-state index contributed by atoms with van der Waals surface area (Å²) in [6, 6.07) is 8.29. The number of benzene rings is 2. The van der Waals surface area contributed by atoms with Crippen molar-refractivity contribution in [3.05, 3.63) is 53.3 Å². The molecule has 1 aliphatic heterocycles. The molecule has 1 atom stereocenters. The van der Waals surface area contributed by atoms with E-state index in [-0.39, 0.29) is 30.2 Å². The second-order valence-corrected chi connectivity index (χ2v) is 8.54. The molecule has 9 nitrogen and oxygen atoms in total. The third-order valence-electron chi connectivity index (χ3n) is 6.12. The van der Waals surface area contributed by atoms with Gasteiger partial charge in [0.25, 0.3) is 5.91 Å². The lowest BCUT2D eigenvalue weighted by atomic mass is 10.0. The number of halogens is 1. The van der Waals surface area contributed by atoms with Crippen LogP contribution in [-0.4, -0.2) is 69.1 Å². The monoisotopic (exact) mass is 501 g/mol. The predicted octanol–water partition coefficient (Wildman–Crippen LogP) is 2.32. The zero-order chi connectivity index (χ0) is 26.2. The van der Waals surface area contributed by atoms with Crippen LogP contribution < -0.4 is 24.8 Å². The molecule has 0 radical (unpaired) electrons. The number of piperidine rings is 1. The fraction of sp³-hybridized carbons (Fsp3) is 0.423. The summed E-state index contributed by atoms with van der Waals surface area (Å²) in [4.78, 5) is 39.4. The second kappa shape index (κ2) is 12.2. The summed E-state index contributed by atoms with van der Waals surface area (Å²) < 4.78 is 30.1. The Morgan fingerprint density at radius 2 is 1.64 bits per heavy atom. The van der Waals surface area contributed by atoms with Gasteiger partial charge in [-0.15, -0.1) is 0 Å². The molecule has 2 aromatic carbocycles. The molecule has 2 aromatic rings. The molecule has 1 fully saturated rings. The van der Waals surface area contributed by atoms with Gasteiger partial charge in [-0.3, -0.25) is 14.4 Å². The highest BCUT2D eigenvalue weighted by atomic mass is 19.1. The van der Waals surface area contributed by atoms with Gasteiger partial charge >= 0.3 is 0 Å². The SMILES string of the molecule is COc1cc(C(=O)N2CCC(NC(=O)[C@H](Cc3ccccc3F)NC(C)=O)CC2)cc(OC)c1OC. The Morgan fingerprint density at radius 1 is 1.03 bits per heavy atom. The highest BCUT2D eigenvalue weighted by Crippen LogP contribution is 2.38. The van der Waals surface area contributed by atoms with Gasteiger partial charge in [0.2, 0.25) is 17.6 Å². The van der Waals surface area contributed by atoms with Crippen LogP contribution in [0.1, 0.15) is 35.7 Å². The Balaban J connectivity index is 1.62. The summed E-state index contributed by atoms with van der Waals surface area (Å²) in [5.74, 6) is -0.196. The first-order valence-corrected chi connectivity index (χ1v) is 11.7. The molecule has 2 N–H and O–H groups in total. The number of carbonyl (C=O) groups excluding carboxylic acids is 3. The van der Waals surface area contributed by atoms with Crippen LogP contribution in [0, 0.1) is 5.82 Å². The average Bonchev–Trinajstić information content (AvgIpc) is 2.88. The lowest BCUT2D eigenvalue weighted by Gasteiger charge is -2.33. The minimum absolute atomic E-state index is 0.0382. The first-order valence-electron chi connectivity index (χ1n) is 11.7. The van der Waals surface area contributed by atoms with Crippen LogP contribution in [0.3, 0.4) is 0 Å². The Hall–Kier alpha value is -3.82. The van der Waals surface area contributed by atoms with Crippen LogP contribution in [0.4, 0.5) is 4.39 Å². The Kier molecular flexibility index (Phi) is 9.10. The largest absolute Gasteiger partial charge is 0.493 e. The lowest BCUT2D eigenvalue weighted by Crippen LogP contribution is -2.53. The van der Waals surface area contributed by atoms with Crippen molar-refractivity contribution in [2.75, 3.05) is 34.4 Å². The molecular weight excluding hydrogens is 469 g/mol. The van der Waals surface area contributed by atoms with E-state index >= 15 is 0 Å². The molecule has 0 saturated carbocycles. The quantitative estimate of drug-likeness (QED) is 0.546. The van der Waals surface area contributed by atoms with Crippen molar-refractivity contribution < 1.29 is 33.0 Å². The van der Waals surface area contributed by atoms with Crippen LogP contribution in [0.2, 0.25) is 0 Å². The topological polar surface area (TPSA) is 106 Å². The normalized spacial score (nSPS) is 14.5. The molecular formula is C26H32FN3O6. The average molecular weight is 502 g/mol. The molecule has 0 bridgehead atoms. The van der Waals surface area contributed by atoms with Gasteiger partial charge in [0.15, 0.2) is 11.5 Å². The number of rotatable bonds is 9. The zero-order valence-corrected chi connectivity index (χ0v) is 20.9. The van der Waals surface area contributed by atoms with Crippen molar-refractivity contribution in [1.29, 1.82) is 0 Å². The number of likely N-dealkylation sites (tertiary alicyclic amines) is 1. The Morgan fingerprint density at radius 3 is 2.17 bits per heavy atom. The fourth-order valence-electron chi connectivity index (χ4n) is 4.25. The van der Waals surface area contributed by atoms with Crippen molar-refractivity contribution in [2.24, 2.45) is 0 Å². The summed E-state index contributed by atoms with van der Waals surface area (Å²) in [6.45, 7) is 2.17. The van der Waals surface area contributed by atoms with Gasteiger partial charge in [0.05, 0.1) is 21.3 Å². The number of amides is 3. The van der Waals surface area contributed by atoms with Gasteiger partial charge in [0.1, 0.15) is 11.9 Å². The molecule has 1 heterocycles. The minimum Gasteiger partial charge on any atom is -0.493 e. The van der Waals surface area contributed by atoms with E-state index < -0.39 is 11.9 Å². The maximum absolute atomic E-state index is 14.1. The van der Waals surface area contributed by atoms with Crippen molar-refractivity contribution in [3.8, 4) is 17.2 Å². The van der Waals surface area contributed by atoms with E-state index in [1.807, 2.05) is 0 Å². The molecule has 36 heavy (non-hydrogen) atoms. The standard InChI is InChI=1S/C26H32FN3O6/c1-16(31)28-21(13-17-7-5-6-8-20(17)27)25(32)29-19-9-11-30(12-10-19)26(33)18-14-22(34-2)24(36-4)23(15-18)35-3/h5-8,14-15,19,21H,9-13H2,1-4H3,(H,28,31)(H,29,32)/t21-/m0/s1. The number of hydrogen-bond donors (Lipinski definition) is 2. The fourth-order valence-corrected chi connectivity index (χ4v) is 4.25.